The van der Waals surface area contributed by atoms with Crippen LogP contribution in [0.25, 0.3) is 0 Å². The van der Waals surface area contributed by atoms with Gasteiger partial charge in [0.25, 0.3) is 0 Å². The Morgan fingerprint density at radius 3 is 2.19 bits per heavy atom. The first-order chi connectivity index (χ1) is 9.68. The summed E-state index contributed by atoms with van der Waals surface area (Å²) in [6, 6.07) is 3.61. The molecule has 0 aliphatic carbocycles. The molecule has 0 atom stereocenters. The van der Waals surface area contributed by atoms with Crippen molar-refractivity contribution in [1.29, 1.82) is 0 Å². The first kappa shape index (κ1) is 18.2. The number of carbonyl (C=O) groups is 1. The molecular formula is C13H17Cl2NO4S. The second-order valence-corrected chi connectivity index (χ2v) is 7.32. The van der Waals surface area contributed by atoms with E-state index in [-0.39, 0.29) is 28.1 Å². The average Bonchev–Trinajstić information content (AvgIpc) is 2.34. The van der Waals surface area contributed by atoms with E-state index in [1.165, 1.54) is 18.2 Å². The third-order valence-electron chi connectivity index (χ3n) is 2.61. The van der Waals surface area contributed by atoms with Crippen molar-refractivity contribution in [2.24, 2.45) is 0 Å². The zero-order valence-electron chi connectivity index (χ0n) is 12.0. The zero-order valence-corrected chi connectivity index (χ0v) is 14.3. The highest BCUT2D eigenvalue weighted by molar-refractivity contribution is 7.89. The number of ether oxygens (including phenoxy) is 1. The maximum absolute atomic E-state index is 12.6. The molecule has 0 saturated carbocycles. The van der Waals surface area contributed by atoms with Gasteiger partial charge >= 0.3 is 5.97 Å². The van der Waals surface area contributed by atoms with Crippen molar-refractivity contribution in [3.8, 4) is 0 Å². The minimum Gasteiger partial charge on any atom is -0.465 e. The molecule has 0 unspecified atom stereocenters. The Hall–Kier alpha value is -0.820. The Labute approximate surface area is 134 Å². The van der Waals surface area contributed by atoms with E-state index in [1.54, 1.807) is 20.8 Å². The molecule has 21 heavy (non-hydrogen) atoms. The highest BCUT2D eigenvalue weighted by atomic mass is 35.5. The summed E-state index contributed by atoms with van der Waals surface area (Å²) >= 11 is 11.7. The number of nitrogens with zero attached hydrogens (tertiary/aromatic N) is 1. The van der Waals surface area contributed by atoms with Crippen molar-refractivity contribution >= 4 is 39.2 Å². The van der Waals surface area contributed by atoms with Gasteiger partial charge in [-0.3, -0.25) is 4.79 Å². The van der Waals surface area contributed by atoms with E-state index >= 15 is 0 Å². The van der Waals surface area contributed by atoms with Crippen molar-refractivity contribution in [3.05, 3.63) is 28.2 Å². The minimum absolute atomic E-state index is 0.0574. The van der Waals surface area contributed by atoms with Crippen LogP contribution in [-0.4, -0.2) is 37.9 Å². The van der Waals surface area contributed by atoms with Crippen molar-refractivity contribution in [1.82, 2.24) is 4.31 Å². The second-order valence-electron chi connectivity index (χ2n) is 4.55. The largest absolute Gasteiger partial charge is 0.465 e. The summed E-state index contributed by atoms with van der Waals surface area (Å²) in [5.74, 6) is -0.608. The number of benzene rings is 1. The topological polar surface area (TPSA) is 63.7 Å². The van der Waals surface area contributed by atoms with Crippen molar-refractivity contribution in [2.45, 2.75) is 31.7 Å². The van der Waals surface area contributed by atoms with E-state index in [0.29, 0.717) is 0 Å². The molecule has 0 saturated heterocycles. The average molecular weight is 354 g/mol. The van der Waals surface area contributed by atoms with E-state index in [1.807, 2.05) is 0 Å². The monoisotopic (exact) mass is 353 g/mol. The highest BCUT2D eigenvalue weighted by Gasteiger charge is 2.30. The third-order valence-corrected chi connectivity index (χ3v) is 5.04. The maximum atomic E-state index is 12.6. The molecule has 0 spiro atoms. The summed E-state index contributed by atoms with van der Waals surface area (Å²) in [6.45, 7) is 4.82. The van der Waals surface area contributed by atoms with E-state index in [2.05, 4.69) is 0 Å². The van der Waals surface area contributed by atoms with E-state index in [0.717, 1.165) is 4.31 Å². The molecule has 0 aliphatic rings. The van der Waals surface area contributed by atoms with Crippen LogP contribution in [0.2, 0.25) is 10.0 Å². The van der Waals surface area contributed by atoms with Crippen molar-refractivity contribution < 1.29 is 17.9 Å². The van der Waals surface area contributed by atoms with Gasteiger partial charge in [0, 0.05) is 16.1 Å². The normalized spacial score (nSPS) is 12.0. The summed E-state index contributed by atoms with van der Waals surface area (Å²) in [5.41, 5.74) is 0. The first-order valence-corrected chi connectivity index (χ1v) is 8.51. The lowest BCUT2D eigenvalue weighted by Gasteiger charge is -2.25. The van der Waals surface area contributed by atoms with Gasteiger partial charge in [-0.15, -0.1) is 0 Å². The van der Waals surface area contributed by atoms with Crippen molar-refractivity contribution in [2.75, 3.05) is 13.2 Å². The lowest BCUT2D eigenvalue weighted by Crippen LogP contribution is -2.41. The molecule has 0 N–H and O–H groups in total. The molecule has 1 rings (SSSR count). The SMILES string of the molecule is CCOC(=O)CN(C(C)C)S(=O)(=O)c1cc(Cl)cc(Cl)c1. The van der Waals surface area contributed by atoms with Gasteiger partial charge in [-0.2, -0.15) is 4.31 Å². The van der Waals surface area contributed by atoms with Crippen LogP contribution in [0.3, 0.4) is 0 Å². The van der Waals surface area contributed by atoms with Gasteiger partial charge in [-0.1, -0.05) is 23.2 Å². The number of hydrogen-bond acceptors (Lipinski definition) is 4. The van der Waals surface area contributed by atoms with Crippen LogP contribution in [-0.2, 0) is 19.6 Å². The summed E-state index contributed by atoms with van der Waals surface area (Å²) in [7, 11) is -3.90. The fourth-order valence-electron chi connectivity index (χ4n) is 1.69. The van der Waals surface area contributed by atoms with Crippen LogP contribution in [0.5, 0.6) is 0 Å². The Morgan fingerprint density at radius 2 is 1.76 bits per heavy atom. The van der Waals surface area contributed by atoms with Gasteiger partial charge < -0.3 is 4.74 Å². The van der Waals surface area contributed by atoms with Gasteiger partial charge in [0.15, 0.2) is 0 Å². The number of esters is 1. The predicted molar refractivity (Wildman–Crippen MR) is 82.1 cm³/mol. The van der Waals surface area contributed by atoms with Gasteiger partial charge in [0.05, 0.1) is 11.5 Å². The van der Waals surface area contributed by atoms with Gasteiger partial charge in [0.2, 0.25) is 10.0 Å². The summed E-state index contributed by atoms with van der Waals surface area (Å²) < 4.78 is 31.1. The quantitative estimate of drug-likeness (QED) is 0.737. The fraction of sp³-hybridized carbons (Fsp3) is 0.462. The standard InChI is InChI=1S/C13H17Cl2NO4S/c1-4-20-13(17)8-16(9(2)3)21(18,19)12-6-10(14)5-11(15)7-12/h5-7,9H,4,8H2,1-3H3. The third kappa shape index (κ3) is 4.85. The molecule has 0 heterocycles. The van der Waals surface area contributed by atoms with Crippen molar-refractivity contribution in [3.63, 3.8) is 0 Å². The molecule has 0 aliphatic heterocycles. The van der Waals surface area contributed by atoms with E-state index in [4.69, 9.17) is 27.9 Å². The van der Waals surface area contributed by atoms with Crippen LogP contribution in [0.15, 0.2) is 23.1 Å². The molecule has 0 radical (unpaired) electrons. The van der Waals surface area contributed by atoms with E-state index in [9.17, 15) is 13.2 Å². The lowest BCUT2D eigenvalue weighted by molar-refractivity contribution is -0.143. The van der Waals surface area contributed by atoms with Crippen LogP contribution >= 0.6 is 23.2 Å². The lowest BCUT2D eigenvalue weighted by atomic mass is 10.4. The summed E-state index contributed by atoms with van der Waals surface area (Å²) in [4.78, 5) is 11.5. The second kappa shape index (κ2) is 7.45. The predicted octanol–water partition coefficient (Wildman–Crippen LogP) is 2.96. The fourth-order valence-corrected chi connectivity index (χ4v) is 4.00. The number of halogens is 2. The van der Waals surface area contributed by atoms with Gasteiger partial charge in [0.1, 0.15) is 6.54 Å². The Kier molecular flexibility index (Phi) is 6.46. The number of hydrogen-bond donors (Lipinski definition) is 0. The maximum Gasteiger partial charge on any atom is 0.321 e. The molecule has 0 aromatic heterocycles. The molecule has 5 nitrogen and oxygen atoms in total. The molecular weight excluding hydrogens is 337 g/mol. The Bertz CT molecular complexity index is 596. The molecule has 118 valence electrons. The number of sulfonamides is 1. The van der Waals surface area contributed by atoms with Gasteiger partial charge in [-0.25, -0.2) is 8.42 Å². The Morgan fingerprint density at radius 1 is 1.24 bits per heavy atom. The number of carbonyl (C=O) groups excluding carboxylic acids is 1. The molecule has 8 heteroatoms. The molecule has 0 amide bonds. The number of rotatable bonds is 6. The summed E-state index contributed by atoms with van der Waals surface area (Å²) in [5, 5.41) is 0.418. The smallest absolute Gasteiger partial charge is 0.321 e. The molecule has 0 fully saturated rings. The summed E-state index contributed by atoms with van der Waals surface area (Å²) in [6.07, 6.45) is 0. The van der Waals surface area contributed by atoms with Gasteiger partial charge in [-0.05, 0) is 39.0 Å². The van der Waals surface area contributed by atoms with Crippen LogP contribution in [0, 0.1) is 0 Å². The zero-order chi connectivity index (χ0) is 16.2. The molecule has 0 bridgehead atoms. The van der Waals surface area contributed by atoms with Crippen LogP contribution in [0.1, 0.15) is 20.8 Å². The van der Waals surface area contributed by atoms with E-state index < -0.39 is 22.0 Å². The molecule has 1 aromatic rings. The molecule has 1 aromatic carbocycles. The van der Waals surface area contributed by atoms with Crippen LogP contribution < -0.4 is 0 Å². The Balaban J connectivity index is 3.19. The first-order valence-electron chi connectivity index (χ1n) is 6.32. The van der Waals surface area contributed by atoms with Crippen LogP contribution in [0.4, 0.5) is 0 Å². The minimum atomic E-state index is -3.90. The highest BCUT2D eigenvalue weighted by Crippen LogP contribution is 2.25.